The lowest BCUT2D eigenvalue weighted by Crippen LogP contribution is -2.01. The Morgan fingerprint density at radius 2 is 2.27 bits per heavy atom. The van der Waals surface area contributed by atoms with Crippen LogP contribution in [-0.4, -0.2) is 15.3 Å². The molecule has 1 aromatic heterocycles. The number of carbonyl (C=O) groups excluding carboxylic acids is 1. The van der Waals surface area contributed by atoms with Crippen molar-refractivity contribution in [2.24, 2.45) is 0 Å². The Hall–Kier alpha value is -1.74. The summed E-state index contributed by atoms with van der Waals surface area (Å²) in [5, 5.41) is 16.6. The summed E-state index contributed by atoms with van der Waals surface area (Å²) in [6, 6.07) is 1.51. The summed E-state index contributed by atoms with van der Waals surface area (Å²) in [6.07, 6.45) is -2.29. The van der Waals surface area contributed by atoms with Crippen LogP contribution in [0.4, 0.5) is 8.78 Å². The topological polar surface area (TPSA) is 74.0 Å². The van der Waals surface area contributed by atoms with E-state index in [1.165, 1.54) is 6.07 Å². The number of nitriles is 1. The number of aromatic hydroxyl groups is 1. The molecular weight excluding hydrogens is 230 g/mol. The van der Waals surface area contributed by atoms with Crippen molar-refractivity contribution in [3.05, 3.63) is 23.0 Å². The fraction of sp³-hybridized carbons (Fsp3) is 0.125. The van der Waals surface area contributed by atoms with Crippen LogP contribution in [0, 0.1) is 11.3 Å². The maximum absolute atomic E-state index is 12.2. The fourth-order valence-corrected chi connectivity index (χ4v) is 1.15. The Morgan fingerprint density at radius 3 is 2.67 bits per heavy atom. The Kier molecular flexibility index (Phi) is 3.17. The van der Waals surface area contributed by atoms with E-state index in [-0.39, 0.29) is 5.56 Å². The van der Waals surface area contributed by atoms with Gasteiger partial charge in [0.15, 0.2) is 5.75 Å². The van der Waals surface area contributed by atoms with Gasteiger partial charge < -0.3 is 5.11 Å². The molecule has 0 radical (unpaired) electrons. The molecule has 0 unspecified atom stereocenters. The maximum Gasteiger partial charge on any atom is 0.284 e. The molecule has 0 bridgehead atoms. The van der Waals surface area contributed by atoms with Gasteiger partial charge in [-0.05, 0) is 11.6 Å². The van der Waals surface area contributed by atoms with Gasteiger partial charge in [-0.1, -0.05) is 0 Å². The third-order valence-electron chi connectivity index (χ3n) is 1.61. The molecule has 7 heteroatoms. The summed E-state index contributed by atoms with van der Waals surface area (Å²) < 4.78 is 24.5. The molecule has 0 fully saturated rings. The quantitative estimate of drug-likeness (QED) is 0.791. The van der Waals surface area contributed by atoms with Gasteiger partial charge in [0.1, 0.15) is 11.8 Å². The monoisotopic (exact) mass is 232 g/mol. The third-order valence-corrected chi connectivity index (χ3v) is 1.79. The normalized spacial score (nSPS) is 10.1. The number of pyridine rings is 1. The zero-order valence-electron chi connectivity index (χ0n) is 7.04. The second-order valence-corrected chi connectivity index (χ2v) is 2.81. The summed E-state index contributed by atoms with van der Waals surface area (Å²) in [5.74, 6) is -1.05. The number of hydrogen-bond acceptors (Lipinski definition) is 4. The number of hydrogen-bond donors (Lipinski definition) is 1. The van der Waals surface area contributed by atoms with Crippen molar-refractivity contribution in [2.75, 3.05) is 0 Å². The lowest BCUT2D eigenvalue weighted by molar-refractivity contribution is 0.107. The van der Waals surface area contributed by atoms with Gasteiger partial charge in [-0.15, -0.1) is 0 Å². The van der Waals surface area contributed by atoms with Crippen molar-refractivity contribution in [1.29, 1.82) is 5.26 Å². The minimum Gasteiger partial charge on any atom is -0.505 e. The van der Waals surface area contributed by atoms with Gasteiger partial charge >= 0.3 is 0 Å². The highest BCUT2D eigenvalue weighted by Crippen LogP contribution is 2.31. The van der Waals surface area contributed by atoms with Crippen LogP contribution in [0.2, 0.25) is 0 Å². The lowest BCUT2D eigenvalue weighted by Gasteiger charge is -2.06. The molecule has 4 nitrogen and oxygen atoms in total. The number of carbonyl (C=O) groups is 1. The molecule has 78 valence electrons. The van der Waals surface area contributed by atoms with Crippen LogP contribution in [0.5, 0.6) is 5.75 Å². The van der Waals surface area contributed by atoms with Gasteiger partial charge in [0.25, 0.3) is 11.7 Å². The molecule has 0 spiro atoms. The van der Waals surface area contributed by atoms with Crippen molar-refractivity contribution in [3.8, 4) is 11.8 Å². The molecule has 0 aliphatic rings. The van der Waals surface area contributed by atoms with E-state index >= 15 is 0 Å². The molecule has 0 aliphatic carbocycles. The van der Waals surface area contributed by atoms with E-state index < -0.39 is 28.7 Å². The maximum atomic E-state index is 12.2. The van der Waals surface area contributed by atoms with Gasteiger partial charge in [0.05, 0.1) is 11.1 Å². The van der Waals surface area contributed by atoms with Gasteiger partial charge in [-0.2, -0.15) is 5.26 Å². The molecular formula is C8H3ClF2N2O2. The first kappa shape index (κ1) is 11.3. The predicted octanol–water partition coefficient (Wildman–Crippen LogP) is 1.98. The molecule has 0 aromatic carbocycles. The standard InChI is InChI=1S/C8H3ClF2N2O2/c9-7(15)4-3(1-12)2-13-5(6(4)14)8(10)11/h2,8,14H. The smallest absolute Gasteiger partial charge is 0.284 e. The van der Waals surface area contributed by atoms with Gasteiger partial charge in [0.2, 0.25) is 0 Å². The van der Waals surface area contributed by atoms with Crippen LogP contribution in [0.15, 0.2) is 6.20 Å². The zero-order valence-corrected chi connectivity index (χ0v) is 7.79. The number of alkyl halides is 2. The summed E-state index contributed by atoms with van der Waals surface area (Å²) >= 11 is 5.05. The fourth-order valence-electron chi connectivity index (χ4n) is 0.959. The first-order valence-corrected chi connectivity index (χ1v) is 3.96. The van der Waals surface area contributed by atoms with E-state index in [1.54, 1.807) is 0 Å². The summed E-state index contributed by atoms with van der Waals surface area (Å²) in [4.78, 5) is 14.0. The second-order valence-electron chi connectivity index (χ2n) is 2.47. The molecule has 1 heterocycles. The molecule has 1 aromatic rings. The zero-order chi connectivity index (χ0) is 11.6. The van der Waals surface area contributed by atoms with Crippen LogP contribution < -0.4 is 0 Å². The van der Waals surface area contributed by atoms with Crippen molar-refractivity contribution >= 4 is 16.8 Å². The largest absolute Gasteiger partial charge is 0.505 e. The summed E-state index contributed by atoms with van der Waals surface area (Å²) in [5.41, 5.74) is -1.97. The molecule has 1 rings (SSSR count). The van der Waals surface area contributed by atoms with Crippen LogP contribution in [0.25, 0.3) is 0 Å². The number of halogens is 3. The lowest BCUT2D eigenvalue weighted by atomic mass is 10.1. The minimum absolute atomic E-state index is 0.350. The predicted molar refractivity (Wildman–Crippen MR) is 45.8 cm³/mol. The highest BCUT2D eigenvalue weighted by molar-refractivity contribution is 6.68. The highest BCUT2D eigenvalue weighted by atomic mass is 35.5. The summed E-state index contributed by atoms with van der Waals surface area (Å²) in [6.45, 7) is 0. The first-order chi connectivity index (χ1) is 6.99. The first-order valence-electron chi connectivity index (χ1n) is 3.59. The Morgan fingerprint density at radius 1 is 1.67 bits per heavy atom. The number of rotatable bonds is 2. The van der Waals surface area contributed by atoms with Gasteiger partial charge in [-0.25, -0.2) is 13.8 Å². The van der Waals surface area contributed by atoms with Crippen molar-refractivity contribution in [2.45, 2.75) is 6.43 Å². The van der Waals surface area contributed by atoms with Crippen LogP contribution in [-0.2, 0) is 0 Å². The SMILES string of the molecule is N#Cc1cnc(C(F)F)c(O)c1C(=O)Cl. The Balaban J connectivity index is 3.51. The van der Waals surface area contributed by atoms with E-state index in [4.69, 9.17) is 16.9 Å². The molecule has 15 heavy (non-hydrogen) atoms. The van der Waals surface area contributed by atoms with Crippen LogP contribution in [0.3, 0.4) is 0 Å². The number of nitrogens with zero attached hydrogens (tertiary/aromatic N) is 2. The number of aromatic nitrogens is 1. The Labute approximate surface area is 87.7 Å². The van der Waals surface area contributed by atoms with Crippen LogP contribution >= 0.6 is 11.6 Å². The second kappa shape index (κ2) is 4.19. The van der Waals surface area contributed by atoms with Crippen LogP contribution in [0.1, 0.15) is 28.0 Å². The van der Waals surface area contributed by atoms with E-state index in [2.05, 4.69) is 4.98 Å². The minimum atomic E-state index is -3.05. The average molecular weight is 233 g/mol. The molecule has 0 saturated carbocycles. The summed E-state index contributed by atoms with van der Waals surface area (Å²) in [7, 11) is 0. The van der Waals surface area contributed by atoms with Gasteiger partial charge in [-0.3, -0.25) is 4.79 Å². The van der Waals surface area contributed by atoms with Crippen molar-refractivity contribution < 1.29 is 18.7 Å². The molecule has 0 amide bonds. The highest BCUT2D eigenvalue weighted by Gasteiger charge is 2.23. The molecule has 0 atom stereocenters. The van der Waals surface area contributed by atoms with E-state index in [0.29, 0.717) is 0 Å². The third kappa shape index (κ3) is 2.02. The Bertz CT molecular complexity index is 457. The van der Waals surface area contributed by atoms with Crippen molar-refractivity contribution in [3.63, 3.8) is 0 Å². The van der Waals surface area contributed by atoms with E-state index in [9.17, 15) is 18.7 Å². The molecule has 0 aliphatic heterocycles. The van der Waals surface area contributed by atoms with Gasteiger partial charge in [0, 0.05) is 6.20 Å². The average Bonchev–Trinajstić information content (AvgIpc) is 2.15. The van der Waals surface area contributed by atoms with Crippen molar-refractivity contribution in [1.82, 2.24) is 4.98 Å². The van der Waals surface area contributed by atoms with E-state index in [0.717, 1.165) is 6.20 Å². The molecule has 0 saturated heterocycles. The van der Waals surface area contributed by atoms with E-state index in [1.807, 2.05) is 0 Å². The molecule has 1 N–H and O–H groups in total.